The predicted octanol–water partition coefficient (Wildman–Crippen LogP) is 3.14. The van der Waals surface area contributed by atoms with Crippen molar-refractivity contribution in [2.24, 2.45) is 0 Å². The van der Waals surface area contributed by atoms with Crippen LogP contribution in [0.15, 0.2) is 18.2 Å². The highest BCUT2D eigenvalue weighted by Crippen LogP contribution is 2.36. The van der Waals surface area contributed by atoms with E-state index in [2.05, 4.69) is 10.1 Å². The number of nitrogens with one attached hydrogen (secondary N) is 1. The number of hydrogen-bond acceptors (Lipinski definition) is 2. The molecule has 1 aromatic carbocycles. The number of halogens is 4. The summed E-state index contributed by atoms with van der Waals surface area (Å²) < 4.78 is 42.4. The summed E-state index contributed by atoms with van der Waals surface area (Å²) in [7, 11) is 0. The summed E-state index contributed by atoms with van der Waals surface area (Å²) in [6.07, 6.45) is -5.16. The van der Waals surface area contributed by atoms with Gasteiger partial charge in [-0.2, -0.15) is 13.2 Å². The Hall–Kier alpha value is -1.43. The minimum Gasteiger partial charge on any atom is -0.447 e. The number of hydrogen-bond donors (Lipinski definition) is 1. The molecule has 1 fully saturated rings. The molecule has 7 heteroatoms. The van der Waals surface area contributed by atoms with Crippen molar-refractivity contribution >= 4 is 17.7 Å². The van der Waals surface area contributed by atoms with Crippen molar-refractivity contribution in [2.75, 3.05) is 6.61 Å². The Morgan fingerprint density at radius 1 is 1.41 bits per heavy atom. The molecule has 0 unspecified atom stereocenters. The fourth-order valence-corrected chi connectivity index (χ4v) is 1.77. The molecule has 1 amide bonds. The molecular formula is C10H7ClF3NO2. The van der Waals surface area contributed by atoms with Gasteiger partial charge in [0.05, 0.1) is 16.6 Å². The second kappa shape index (κ2) is 4.10. The van der Waals surface area contributed by atoms with Crippen LogP contribution in [0.25, 0.3) is 0 Å². The Morgan fingerprint density at radius 2 is 2.12 bits per heavy atom. The first-order valence-electron chi connectivity index (χ1n) is 4.68. The zero-order chi connectivity index (χ0) is 12.6. The number of amides is 1. The van der Waals surface area contributed by atoms with E-state index in [9.17, 15) is 18.0 Å². The van der Waals surface area contributed by atoms with Crippen molar-refractivity contribution in [3.63, 3.8) is 0 Å². The van der Waals surface area contributed by atoms with E-state index in [1.165, 1.54) is 6.07 Å². The third kappa shape index (κ3) is 2.46. The maximum Gasteiger partial charge on any atom is 0.417 e. The quantitative estimate of drug-likeness (QED) is 0.847. The van der Waals surface area contributed by atoms with Gasteiger partial charge in [0.15, 0.2) is 0 Å². The van der Waals surface area contributed by atoms with Gasteiger partial charge in [0.25, 0.3) is 0 Å². The third-order valence-electron chi connectivity index (χ3n) is 2.37. The van der Waals surface area contributed by atoms with Gasteiger partial charge < -0.3 is 10.1 Å². The van der Waals surface area contributed by atoms with E-state index in [0.29, 0.717) is 5.56 Å². The summed E-state index contributed by atoms with van der Waals surface area (Å²) in [6.45, 7) is 0.0117. The van der Waals surface area contributed by atoms with Gasteiger partial charge in [-0.25, -0.2) is 4.79 Å². The lowest BCUT2D eigenvalue weighted by molar-refractivity contribution is -0.137. The molecule has 0 aliphatic carbocycles. The summed E-state index contributed by atoms with van der Waals surface area (Å²) in [5.74, 6) is 0. The highest BCUT2D eigenvalue weighted by molar-refractivity contribution is 6.31. The molecule has 1 heterocycles. The van der Waals surface area contributed by atoms with E-state index in [4.69, 9.17) is 11.6 Å². The molecular weight excluding hydrogens is 259 g/mol. The number of rotatable bonds is 1. The van der Waals surface area contributed by atoms with Crippen molar-refractivity contribution in [3.05, 3.63) is 34.3 Å². The fourth-order valence-electron chi connectivity index (χ4n) is 1.54. The molecule has 17 heavy (non-hydrogen) atoms. The summed E-state index contributed by atoms with van der Waals surface area (Å²) in [6, 6.07) is 2.93. The van der Waals surface area contributed by atoms with Gasteiger partial charge in [-0.3, -0.25) is 0 Å². The van der Waals surface area contributed by atoms with Crippen LogP contribution in [0.3, 0.4) is 0 Å². The SMILES string of the molecule is O=C1N[C@H](c2ccc(Cl)c(C(F)(F)F)c2)CO1. The number of benzene rings is 1. The molecule has 0 spiro atoms. The second-order valence-electron chi connectivity index (χ2n) is 3.53. The summed E-state index contributed by atoms with van der Waals surface area (Å²) in [5.41, 5.74) is -0.606. The Kier molecular flexibility index (Phi) is 2.91. The Bertz CT molecular complexity index is 461. The lowest BCUT2D eigenvalue weighted by atomic mass is 10.0. The molecule has 1 aliphatic rings. The van der Waals surface area contributed by atoms with Gasteiger partial charge in [0, 0.05) is 0 Å². The summed E-state index contributed by atoms with van der Waals surface area (Å²) in [4.78, 5) is 10.8. The molecule has 1 N–H and O–H groups in total. The minimum atomic E-state index is -4.52. The lowest BCUT2D eigenvalue weighted by Crippen LogP contribution is -2.19. The molecule has 1 saturated heterocycles. The molecule has 0 radical (unpaired) electrons. The van der Waals surface area contributed by atoms with E-state index >= 15 is 0 Å². The van der Waals surface area contributed by atoms with Crippen molar-refractivity contribution < 1.29 is 22.7 Å². The first-order valence-corrected chi connectivity index (χ1v) is 5.05. The zero-order valence-electron chi connectivity index (χ0n) is 8.34. The first-order chi connectivity index (χ1) is 7.88. The average Bonchev–Trinajstić information content (AvgIpc) is 2.64. The van der Waals surface area contributed by atoms with Crippen LogP contribution < -0.4 is 5.32 Å². The number of ether oxygens (including phenoxy) is 1. The number of alkyl carbamates (subject to hydrolysis) is 1. The molecule has 1 aromatic rings. The zero-order valence-corrected chi connectivity index (χ0v) is 9.10. The van der Waals surface area contributed by atoms with Gasteiger partial charge in [-0.1, -0.05) is 17.7 Å². The van der Waals surface area contributed by atoms with Crippen molar-refractivity contribution in [2.45, 2.75) is 12.2 Å². The second-order valence-corrected chi connectivity index (χ2v) is 3.94. The van der Waals surface area contributed by atoms with Crippen LogP contribution >= 0.6 is 11.6 Å². The number of carbonyl (C=O) groups excluding carboxylic acids is 1. The Balaban J connectivity index is 2.34. The van der Waals surface area contributed by atoms with Crippen molar-refractivity contribution in [1.82, 2.24) is 5.32 Å². The van der Waals surface area contributed by atoms with E-state index in [0.717, 1.165) is 12.1 Å². The molecule has 2 rings (SSSR count). The van der Waals surface area contributed by atoms with Crippen molar-refractivity contribution in [3.8, 4) is 0 Å². The number of alkyl halides is 3. The molecule has 92 valence electrons. The maximum atomic E-state index is 12.6. The topological polar surface area (TPSA) is 38.3 Å². The van der Waals surface area contributed by atoms with Crippen LogP contribution in [0, 0.1) is 0 Å². The van der Waals surface area contributed by atoms with Crippen LogP contribution in [-0.2, 0) is 10.9 Å². The molecule has 0 bridgehead atoms. The smallest absolute Gasteiger partial charge is 0.417 e. The number of cyclic esters (lactones) is 1. The maximum absolute atomic E-state index is 12.6. The normalized spacial score (nSPS) is 20.0. The van der Waals surface area contributed by atoms with Crippen LogP contribution in [0.5, 0.6) is 0 Å². The first kappa shape index (κ1) is 12.0. The monoisotopic (exact) mass is 265 g/mol. The van der Waals surface area contributed by atoms with Crippen LogP contribution in [0.4, 0.5) is 18.0 Å². The fraction of sp³-hybridized carbons (Fsp3) is 0.300. The van der Waals surface area contributed by atoms with Crippen LogP contribution in [0.2, 0.25) is 5.02 Å². The van der Waals surface area contributed by atoms with E-state index in [1.807, 2.05) is 0 Å². The molecule has 0 saturated carbocycles. The van der Waals surface area contributed by atoms with E-state index in [1.54, 1.807) is 0 Å². The molecule has 1 aliphatic heterocycles. The Morgan fingerprint density at radius 3 is 2.65 bits per heavy atom. The highest BCUT2D eigenvalue weighted by atomic mass is 35.5. The van der Waals surface area contributed by atoms with Crippen LogP contribution in [-0.4, -0.2) is 12.7 Å². The van der Waals surface area contributed by atoms with E-state index < -0.39 is 23.9 Å². The van der Waals surface area contributed by atoms with Gasteiger partial charge in [-0.15, -0.1) is 0 Å². The summed E-state index contributed by atoms with van der Waals surface area (Å²) in [5, 5.41) is 2.03. The van der Waals surface area contributed by atoms with Gasteiger partial charge in [-0.05, 0) is 17.7 Å². The minimum absolute atomic E-state index is 0.0117. The average molecular weight is 266 g/mol. The molecule has 3 nitrogen and oxygen atoms in total. The summed E-state index contributed by atoms with van der Waals surface area (Å²) >= 11 is 5.48. The molecule has 1 atom stereocenters. The van der Waals surface area contributed by atoms with Gasteiger partial charge in [0.1, 0.15) is 6.61 Å². The van der Waals surface area contributed by atoms with Gasteiger partial charge >= 0.3 is 12.3 Å². The lowest BCUT2D eigenvalue weighted by Gasteiger charge is -2.13. The number of carbonyl (C=O) groups is 1. The Labute approximate surface area is 99.5 Å². The van der Waals surface area contributed by atoms with Crippen LogP contribution in [0.1, 0.15) is 17.2 Å². The predicted molar refractivity (Wildman–Crippen MR) is 53.7 cm³/mol. The third-order valence-corrected chi connectivity index (χ3v) is 2.70. The largest absolute Gasteiger partial charge is 0.447 e. The molecule has 0 aromatic heterocycles. The van der Waals surface area contributed by atoms with E-state index in [-0.39, 0.29) is 11.6 Å². The van der Waals surface area contributed by atoms with Gasteiger partial charge in [0.2, 0.25) is 0 Å². The van der Waals surface area contributed by atoms with Crippen molar-refractivity contribution in [1.29, 1.82) is 0 Å². The standard InChI is InChI=1S/C10H7ClF3NO2/c11-7-2-1-5(3-6(7)10(12,13)14)8-4-17-9(16)15-8/h1-3,8H,4H2,(H,15,16)/t8-/m0/s1. The highest BCUT2D eigenvalue weighted by Gasteiger charge is 2.34.